The molecule has 4 heterocycles. The maximum Gasteiger partial charge on any atom is 0.410 e. The normalized spacial score (nSPS) is 19.5. The Morgan fingerprint density at radius 1 is 0.909 bits per heavy atom. The van der Waals surface area contributed by atoms with Crippen LogP contribution < -0.4 is 14.5 Å². The molecule has 12 nitrogen and oxygen atoms in total. The van der Waals surface area contributed by atoms with Crippen molar-refractivity contribution in [1.82, 2.24) is 19.8 Å². The van der Waals surface area contributed by atoms with Gasteiger partial charge in [0.05, 0.1) is 43.4 Å². The fourth-order valence-electron chi connectivity index (χ4n) is 7.53. The molecule has 0 spiro atoms. The molecule has 1 aromatic heterocycles. The molecule has 3 aromatic carbocycles. The average Bonchev–Trinajstić information content (AvgIpc) is 3.49. The Labute approximate surface area is 319 Å². The highest BCUT2D eigenvalue weighted by Crippen LogP contribution is 2.36. The molecule has 55 heavy (non-hydrogen) atoms. The van der Waals surface area contributed by atoms with Gasteiger partial charge in [-0.05, 0) is 44.2 Å². The molecule has 3 aliphatic heterocycles. The third kappa shape index (κ3) is 8.66. The first-order chi connectivity index (χ1) is 26.4. The van der Waals surface area contributed by atoms with Gasteiger partial charge in [-0.25, -0.2) is 18.4 Å². The number of carbonyl (C=O) groups is 2. The van der Waals surface area contributed by atoms with Crippen molar-refractivity contribution in [2.75, 3.05) is 49.1 Å². The summed E-state index contributed by atoms with van der Waals surface area (Å²) >= 11 is 0. The van der Waals surface area contributed by atoms with E-state index in [1.54, 1.807) is 25.7 Å². The number of aromatic nitrogens is 2. The van der Waals surface area contributed by atoms with E-state index in [0.717, 1.165) is 38.2 Å². The van der Waals surface area contributed by atoms with Gasteiger partial charge in [-0.1, -0.05) is 66.7 Å². The average molecular weight is 754 g/mol. The number of ether oxygens (including phenoxy) is 3. The van der Waals surface area contributed by atoms with Crippen LogP contribution in [0.25, 0.3) is 10.8 Å². The van der Waals surface area contributed by atoms with Crippen LogP contribution >= 0.6 is 0 Å². The standard InChI is InChI=1S/C41H45F2N7O5/c1-40(2,3)55-39(52)50-27-41(42,43)22-31(50)26-53-37-45-34-24-47(35-15-9-13-29-12-7-8-14-32(29)35)19-17-33(34)36(46-37)48-20-21-49(30(23-48)16-18-44)38(51)54-25-28-10-5-4-6-11-28/h4-15,30-31H,16-17,19-27H2,1-3H3/t30-,31?/m0/s1. The van der Waals surface area contributed by atoms with Crippen LogP contribution in [-0.4, -0.2) is 94.9 Å². The van der Waals surface area contributed by atoms with Gasteiger partial charge >= 0.3 is 18.2 Å². The van der Waals surface area contributed by atoms with Crippen LogP contribution in [0.4, 0.5) is 29.9 Å². The maximum atomic E-state index is 14.7. The number of hydrogen-bond acceptors (Lipinski definition) is 10. The fraction of sp³-hybridized carbons (Fsp3) is 0.439. The van der Waals surface area contributed by atoms with Crippen molar-refractivity contribution >= 4 is 34.5 Å². The highest BCUT2D eigenvalue weighted by atomic mass is 19.3. The monoisotopic (exact) mass is 753 g/mol. The molecule has 0 bridgehead atoms. The minimum absolute atomic E-state index is 0.00518. The first-order valence-electron chi connectivity index (χ1n) is 18.6. The summed E-state index contributed by atoms with van der Waals surface area (Å²) in [5.74, 6) is -2.50. The molecule has 14 heteroatoms. The molecule has 2 atom stereocenters. The van der Waals surface area contributed by atoms with Crippen molar-refractivity contribution in [2.45, 2.75) is 76.8 Å². The van der Waals surface area contributed by atoms with Gasteiger partial charge in [0.15, 0.2) is 0 Å². The number of fused-ring (bicyclic) bond motifs is 2. The fourth-order valence-corrected chi connectivity index (χ4v) is 7.53. The van der Waals surface area contributed by atoms with Gasteiger partial charge < -0.3 is 28.9 Å². The Morgan fingerprint density at radius 2 is 1.67 bits per heavy atom. The summed E-state index contributed by atoms with van der Waals surface area (Å²) in [4.78, 5) is 42.9. The Hall–Kier alpha value is -5.71. The number of likely N-dealkylation sites (tertiary alicyclic amines) is 1. The van der Waals surface area contributed by atoms with Crippen molar-refractivity contribution < 1.29 is 32.6 Å². The molecule has 7 rings (SSSR count). The number of piperazine rings is 1. The number of rotatable bonds is 8. The van der Waals surface area contributed by atoms with Crippen molar-refractivity contribution in [2.24, 2.45) is 0 Å². The topological polar surface area (TPSA) is 124 Å². The summed E-state index contributed by atoms with van der Waals surface area (Å²) in [6, 6.07) is 24.5. The van der Waals surface area contributed by atoms with Gasteiger partial charge in [0.1, 0.15) is 24.6 Å². The smallest absolute Gasteiger partial charge is 0.410 e. The highest BCUT2D eigenvalue weighted by Gasteiger charge is 2.48. The first kappa shape index (κ1) is 37.6. The molecule has 2 amide bonds. The molecule has 288 valence electrons. The van der Waals surface area contributed by atoms with E-state index >= 15 is 0 Å². The second-order valence-corrected chi connectivity index (χ2v) is 15.3. The van der Waals surface area contributed by atoms with E-state index in [1.807, 2.05) is 53.4 Å². The molecule has 2 fully saturated rings. The van der Waals surface area contributed by atoms with E-state index in [1.165, 1.54) is 0 Å². The van der Waals surface area contributed by atoms with Crippen LogP contribution in [0, 0.1) is 11.3 Å². The van der Waals surface area contributed by atoms with E-state index in [9.17, 15) is 23.6 Å². The van der Waals surface area contributed by atoms with Gasteiger partial charge in [0, 0.05) is 49.2 Å². The van der Waals surface area contributed by atoms with Crippen LogP contribution in [-0.2, 0) is 29.0 Å². The Bertz CT molecular complexity index is 2070. The molecule has 1 unspecified atom stereocenters. The number of anilines is 2. The molecule has 0 radical (unpaired) electrons. The number of nitriles is 1. The van der Waals surface area contributed by atoms with E-state index in [4.69, 9.17) is 24.2 Å². The quantitative estimate of drug-likeness (QED) is 0.187. The lowest BCUT2D eigenvalue weighted by molar-refractivity contribution is -0.00277. The van der Waals surface area contributed by atoms with Crippen LogP contribution in [0.3, 0.4) is 0 Å². The lowest BCUT2D eigenvalue weighted by Gasteiger charge is -2.42. The summed E-state index contributed by atoms with van der Waals surface area (Å²) in [6.45, 7) is 6.26. The second kappa shape index (κ2) is 15.6. The van der Waals surface area contributed by atoms with Crippen LogP contribution in [0.5, 0.6) is 6.01 Å². The number of amides is 2. The van der Waals surface area contributed by atoms with Gasteiger partial charge in [-0.15, -0.1) is 0 Å². The Morgan fingerprint density at radius 3 is 2.45 bits per heavy atom. The second-order valence-electron chi connectivity index (χ2n) is 15.3. The van der Waals surface area contributed by atoms with E-state index in [0.29, 0.717) is 45.0 Å². The zero-order valence-electron chi connectivity index (χ0n) is 31.3. The summed E-state index contributed by atoms with van der Waals surface area (Å²) in [7, 11) is 0. The third-order valence-corrected chi connectivity index (χ3v) is 10.1. The summed E-state index contributed by atoms with van der Waals surface area (Å²) in [5.41, 5.74) is 2.70. The molecular formula is C41H45F2N7O5. The molecule has 4 aromatic rings. The van der Waals surface area contributed by atoms with Crippen LogP contribution in [0.15, 0.2) is 72.8 Å². The van der Waals surface area contributed by atoms with Crippen molar-refractivity contribution in [3.8, 4) is 12.1 Å². The maximum absolute atomic E-state index is 14.7. The van der Waals surface area contributed by atoms with Crippen LogP contribution in [0.1, 0.15) is 50.4 Å². The Kier molecular flexibility index (Phi) is 10.6. The zero-order valence-corrected chi connectivity index (χ0v) is 31.3. The lowest BCUT2D eigenvalue weighted by Crippen LogP contribution is -2.55. The molecular weight excluding hydrogens is 708 g/mol. The highest BCUT2D eigenvalue weighted by molar-refractivity contribution is 5.94. The molecule has 0 N–H and O–H groups in total. The number of hydrogen-bond donors (Lipinski definition) is 0. The van der Waals surface area contributed by atoms with Gasteiger partial charge in [-0.2, -0.15) is 15.2 Å². The molecule has 0 saturated carbocycles. The SMILES string of the molecule is CC(C)(C)OC(=O)N1CC(F)(F)CC1COc1nc2c(c(N3CCN(C(=O)OCc4ccccc4)[C@@H](CC#N)C3)n1)CCN(c1cccc3ccccc13)C2. The third-order valence-electron chi connectivity index (χ3n) is 10.1. The predicted molar refractivity (Wildman–Crippen MR) is 202 cm³/mol. The number of carbonyl (C=O) groups excluding carboxylic acids is 2. The van der Waals surface area contributed by atoms with Gasteiger partial charge in [0.2, 0.25) is 0 Å². The largest absolute Gasteiger partial charge is 0.461 e. The number of benzene rings is 3. The summed E-state index contributed by atoms with van der Waals surface area (Å²) in [5, 5.41) is 12.0. The van der Waals surface area contributed by atoms with E-state index < -0.39 is 48.8 Å². The lowest BCUT2D eigenvalue weighted by atomic mass is 10.0. The number of alkyl halides is 2. The summed E-state index contributed by atoms with van der Waals surface area (Å²) < 4.78 is 46.7. The summed E-state index contributed by atoms with van der Waals surface area (Å²) in [6.07, 6.45) is -1.22. The van der Waals surface area contributed by atoms with Gasteiger partial charge in [-0.3, -0.25) is 4.90 Å². The van der Waals surface area contributed by atoms with E-state index in [2.05, 4.69) is 35.2 Å². The van der Waals surface area contributed by atoms with Crippen LogP contribution in [0.2, 0.25) is 0 Å². The Balaban J connectivity index is 1.16. The van der Waals surface area contributed by atoms with Crippen molar-refractivity contribution in [3.63, 3.8) is 0 Å². The molecule has 2 saturated heterocycles. The number of nitrogens with zero attached hydrogens (tertiary/aromatic N) is 7. The molecule has 3 aliphatic rings. The number of halogens is 2. The zero-order chi connectivity index (χ0) is 38.7. The minimum atomic E-state index is -3.11. The van der Waals surface area contributed by atoms with Crippen molar-refractivity contribution in [1.29, 1.82) is 5.26 Å². The van der Waals surface area contributed by atoms with E-state index in [-0.39, 0.29) is 25.6 Å². The minimum Gasteiger partial charge on any atom is -0.461 e. The predicted octanol–water partition coefficient (Wildman–Crippen LogP) is 6.96. The van der Waals surface area contributed by atoms with Crippen molar-refractivity contribution in [3.05, 3.63) is 89.6 Å². The first-order valence-corrected chi connectivity index (χ1v) is 18.6. The van der Waals surface area contributed by atoms with Gasteiger partial charge in [0.25, 0.3) is 5.92 Å². The molecule has 0 aliphatic carbocycles.